The maximum Gasteiger partial charge on any atom is 0.508 e. The third-order valence-corrected chi connectivity index (χ3v) is 10.9. The van der Waals surface area contributed by atoms with Gasteiger partial charge in [-0.15, -0.1) is 0 Å². The van der Waals surface area contributed by atoms with Crippen LogP contribution in [0.5, 0.6) is 0 Å². The van der Waals surface area contributed by atoms with Gasteiger partial charge in [0.15, 0.2) is 0 Å². The number of carbonyl (C=O) groups excluding carboxylic acids is 3. The molecule has 0 N–H and O–H groups in total. The molecule has 0 aliphatic carbocycles. The van der Waals surface area contributed by atoms with Crippen LogP contribution in [0.3, 0.4) is 0 Å². The van der Waals surface area contributed by atoms with E-state index in [-0.39, 0.29) is 38.4 Å². The van der Waals surface area contributed by atoms with Gasteiger partial charge in [-0.1, -0.05) is 168 Å². The smallest absolute Gasteiger partial charge is 0.465 e. The first-order valence-corrected chi connectivity index (χ1v) is 24.0. The lowest BCUT2D eigenvalue weighted by molar-refractivity contribution is -0.150. The first-order valence-electron chi connectivity index (χ1n) is 24.0. The van der Waals surface area contributed by atoms with Crippen LogP contribution in [0, 0.1) is 11.8 Å². The maximum atomic E-state index is 12.8. The van der Waals surface area contributed by atoms with Crippen molar-refractivity contribution < 1.29 is 33.3 Å². The average Bonchev–Trinajstić information content (AvgIpc) is 3.21. The normalized spacial score (nSPS) is 12.3. The van der Waals surface area contributed by atoms with E-state index in [1.165, 1.54) is 109 Å². The van der Waals surface area contributed by atoms with Crippen molar-refractivity contribution in [1.29, 1.82) is 0 Å². The molecule has 0 saturated carbocycles. The molecule has 0 aromatic rings. The molecule has 0 heterocycles. The van der Waals surface area contributed by atoms with E-state index in [2.05, 4.69) is 63.8 Å². The predicted molar refractivity (Wildman–Crippen MR) is 239 cm³/mol. The first kappa shape index (κ1) is 54.6. The van der Waals surface area contributed by atoms with Gasteiger partial charge < -0.3 is 23.8 Å². The Bertz CT molecular complexity index is 949. The molecule has 1 atom stereocenters. The van der Waals surface area contributed by atoms with Gasteiger partial charge in [-0.2, -0.15) is 0 Å². The van der Waals surface area contributed by atoms with Crippen molar-refractivity contribution in [2.24, 2.45) is 11.8 Å². The lowest BCUT2D eigenvalue weighted by atomic mass is 9.90. The van der Waals surface area contributed by atoms with Gasteiger partial charge in [-0.25, -0.2) is 4.79 Å². The van der Waals surface area contributed by atoms with E-state index < -0.39 is 12.1 Å². The minimum Gasteiger partial charge on any atom is -0.465 e. The van der Waals surface area contributed by atoms with Gasteiger partial charge in [-0.05, 0) is 76.8 Å². The summed E-state index contributed by atoms with van der Waals surface area (Å²) in [6.45, 7) is 14.0. The quantitative estimate of drug-likeness (QED) is 0.0261. The predicted octanol–water partition coefficient (Wildman–Crippen LogP) is 13.9. The van der Waals surface area contributed by atoms with Gasteiger partial charge >= 0.3 is 18.1 Å². The summed E-state index contributed by atoms with van der Waals surface area (Å²) in [6, 6.07) is 0. The van der Waals surface area contributed by atoms with Crippen molar-refractivity contribution in [2.45, 2.75) is 214 Å². The number of nitrogens with zero attached hydrogens (tertiary/aromatic N) is 1. The molecule has 0 bridgehead atoms. The van der Waals surface area contributed by atoms with Crippen molar-refractivity contribution in [3.63, 3.8) is 0 Å². The van der Waals surface area contributed by atoms with Gasteiger partial charge in [0.2, 0.25) is 0 Å². The molecule has 8 heteroatoms. The standard InChI is InChI=1S/C49H91NO7/c1-6-11-14-17-18-19-20-21-22-23-24-25-26-29-32-38-47(51)55-42-46(44-57-49(53)54-41-34-40-50(9-4)10-5)43-56-48(52)39-33-37-45(35-30-27-15-12-7-2)36-31-28-16-13-8-3/h18-19,21-22,45-46H,6-17,20,23-44H2,1-5H3. The third kappa shape index (κ3) is 38.9. The summed E-state index contributed by atoms with van der Waals surface area (Å²) < 4.78 is 21.9. The second-order valence-corrected chi connectivity index (χ2v) is 16.2. The molecule has 334 valence electrons. The summed E-state index contributed by atoms with van der Waals surface area (Å²) in [6.07, 6.45) is 39.5. The van der Waals surface area contributed by atoms with E-state index in [4.69, 9.17) is 18.9 Å². The van der Waals surface area contributed by atoms with Crippen LogP contribution in [-0.2, 0) is 28.5 Å². The zero-order valence-electron chi connectivity index (χ0n) is 38.0. The molecule has 8 nitrogen and oxygen atoms in total. The molecule has 0 spiro atoms. The summed E-state index contributed by atoms with van der Waals surface area (Å²) in [7, 11) is 0. The molecule has 0 saturated heterocycles. The SMILES string of the molecule is CCCCCC=CCC=CCCCCCCCC(=O)OCC(COC(=O)CCCC(CCCCCCC)CCCCCCC)COC(=O)OCCCN(CC)CC. The second-order valence-electron chi connectivity index (χ2n) is 16.2. The lowest BCUT2D eigenvalue weighted by Crippen LogP contribution is -2.27. The van der Waals surface area contributed by atoms with Crippen LogP contribution in [0.15, 0.2) is 24.3 Å². The molecule has 0 aliphatic rings. The number of hydrogen-bond donors (Lipinski definition) is 0. The zero-order chi connectivity index (χ0) is 41.9. The largest absolute Gasteiger partial charge is 0.508 e. The Morgan fingerprint density at radius 3 is 1.49 bits per heavy atom. The molecule has 0 aromatic heterocycles. The van der Waals surface area contributed by atoms with E-state index in [0.29, 0.717) is 18.8 Å². The Balaban J connectivity index is 4.71. The Morgan fingerprint density at radius 2 is 0.912 bits per heavy atom. The van der Waals surface area contributed by atoms with Crippen molar-refractivity contribution in [3.05, 3.63) is 24.3 Å². The van der Waals surface area contributed by atoms with E-state index in [1.807, 2.05) is 0 Å². The molecule has 57 heavy (non-hydrogen) atoms. The van der Waals surface area contributed by atoms with Crippen LogP contribution < -0.4 is 0 Å². The third-order valence-electron chi connectivity index (χ3n) is 10.9. The minimum absolute atomic E-state index is 0.0275. The van der Waals surface area contributed by atoms with Gasteiger partial charge in [0.25, 0.3) is 0 Å². The number of allylic oxidation sites excluding steroid dienone is 4. The van der Waals surface area contributed by atoms with Crippen molar-refractivity contribution >= 4 is 18.1 Å². The van der Waals surface area contributed by atoms with Crippen LogP contribution in [0.4, 0.5) is 4.79 Å². The highest BCUT2D eigenvalue weighted by atomic mass is 16.7. The second kappa shape index (κ2) is 43.2. The molecule has 0 radical (unpaired) electrons. The van der Waals surface area contributed by atoms with E-state index in [9.17, 15) is 14.4 Å². The Morgan fingerprint density at radius 1 is 0.456 bits per heavy atom. The first-order chi connectivity index (χ1) is 27.9. The van der Waals surface area contributed by atoms with Crippen LogP contribution >= 0.6 is 0 Å². The van der Waals surface area contributed by atoms with Crippen LogP contribution in [-0.4, -0.2) is 69.1 Å². The molecule has 0 rings (SSSR count). The van der Waals surface area contributed by atoms with Gasteiger partial charge in [0.05, 0.1) is 12.5 Å². The lowest BCUT2D eigenvalue weighted by Gasteiger charge is -2.19. The van der Waals surface area contributed by atoms with Crippen molar-refractivity contribution in [3.8, 4) is 0 Å². The molecule has 0 fully saturated rings. The zero-order valence-corrected chi connectivity index (χ0v) is 38.0. The molecule has 0 aliphatic heterocycles. The fourth-order valence-corrected chi connectivity index (χ4v) is 7.04. The molecule has 1 unspecified atom stereocenters. The average molecular weight is 806 g/mol. The van der Waals surface area contributed by atoms with Crippen LogP contribution in [0.1, 0.15) is 214 Å². The minimum atomic E-state index is -0.752. The summed E-state index contributed by atoms with van der Waals surface area (Å²) >= 11 is 0. The molecular weight excluding hydrogens is 715 g/mol. The number of carbonyl (C=O) groups is 3. The Hall–Kier alpha value is -2.35. The summed E-state index contributed by atoms with van der Waals surface area (Å²) in [5.41, 5.74) is 0. The van der Waals surface area contributed by atoms with Gasteiger partial charge in [-0.3, -0.25) is 9.59 Å². The Kier molecular flexibility index (Phi) is 41.5. The maximum absolute atomic E-state index is 12.8. The summed E-state index contributed by atoms with van der Waals surface area (Å²) in [5, 5.41) is 0. The number of unbranched alkanes of at least 4 members (excludes halogenated alkanes) is 16. The fourth-order valence-electron chi connectivity index (χ4n) is 7.04. The van der Waals surface area contributed by atoms with E-state index in [1.54, 1.807) is 0 Å². The van der Waals surface area contributed by atoms with Gasteiger partial charge in [0.1, 0.15) is 19.8 Å². The monoisotopic (exact) mass is 806 g/mol. The number of esters is 2. The van der Waals surface area contributed by atoms with E-state index in [0.717, 1.165) is 77.4 Å². The summed E-state index contributed by atoms with van der Waals surface area (Å²) in [5.74, 6) is -0.310. The number of ether oxygens (including phenoxy) is 4. The topological polar surface area (TPSA) is 91.4 Å². The highest BCUT2D eigenvalue weighted by molar-refractivity contribution is 5.69. The van der Waals surface area contributed by atoms with Gasteiger partial charge in [0, 0.05) is 19.4 Å². The van der Waals surface area contributed by atoms with Crippen molar-refractivity contribution in [2.75, 3.05) is 46.1 Å². The van der Waals surface area contributed by atoms with E-state index >= 15 is 0 Å². The highest BCUT2D eigenvalue weighted by Gasteiger charge is 2.19. The number of hydrogen-bond acceptors (Lipinski definition) is 8. The number of rotatable bonds is 42. The Labute approximate surface area is 352 Å². The summed E-state index contributed by atoms with van der Waals surface area (Å²) in [4.78, 5) is 40.1. The highest BCUT2D eigenvalue weighted by Crippen LogP contribution is 2.24. The van der Waals surface area contributed by atoms with Crippen molar-refractivity contribution in [1.82, 2.24) is 4.90 Å². The van der Waals surface area contributed by atoms with Crippen LogP contribution in [0.25, 0.3) is 0 Å². The molecule has 0 amide bonds. The van der Waals surface area contributed by atoms with Crippen LogP contribution in [0.2, 0.25) is 0 Å². The fraction of sp³-hybridized carbons (Fsp3) is 0.857. The molecule has 0 aromatic carbocycles. The molecular formula is C49H91NO7.